The van der Waals surface area contributed by atoms with Gasteiger partial charge in [-0.1, -0.05) is 13.8 Å². The van der Waals surface area contributed by atoms with E-state index in [1.165, 1.54) is 6.07 Å². The third kappa shape index (κ3) is 3.77. The number of aromatic hydroxyl groups is 2. The molecule has 4 N–H and O–H groups in total. The van der Waals surface area contributed by atoms with E-state index in [0.29, 0.717) is 10.2 Å². The van der Waals surface area contributed by atoms with Gasteiger partial charge in [-0.3, -0.25) is 0 Å². The first-order chi connectivity index (χ1) is 11.7. The zero-order valence-corrected chi connectivity index (χ0v) is 17.0. The molecule has 0 saturated heterocycles. The fourth-order valence-corrected chi connectivity index (χ4v) is 3.70. The second-order valence-corrected chi connectivity index (χ2v) is 7.34. The van der Waals surface area contributed by atoms with Crippen molar-refractivity contribution in [2.45, 2.75) is 26.8 Å². The predicted molar refractivity (Wildman–Crippen MR) is 98.1 cm³/mol. The average Bonchev–Trinajstić information content (AvgIpc) is 2.55. The maximum atomic E-state index is 12.5. The number of esters is 1. The van der Waals surface area contributed by atoms with E-state index < -0.39 is 18.0 Å². The molecule has 0 spiro atoms. The molecule has 7 nitrogen and oxygen atoms in total. The summed E-state index contributed by atoms with van der Waals surface area (Å²) in [4.78, 5) is 24.6. The molecule has 9 heteroatoms. The summed E-state index contributed by atoms with van der Waals surface area (Å²) in [5, 5.41) is 25.6. The van der Waals surface area contributed by atoms with Crippen LogP contribution in [0.2, 0.25) is 0 Å². The van der Waals surface area contributed by atoms with Gasteiger partial charge in [0.2, 0.25) is 0 Å². The maximum Gasteiger partial charge on any atom is 0.338 e. The van der Waals surface area contributed by atoms with Crippen LogP contribution < -0.4 is 10.6 Å². The van der Waals surface area contributed by atoms with E-state index in [1.54, 1.807) is 6.92 Å². The lowest BCUT2D eigenvalue weighted by molar-refractivity contribution is -0.139. The van der Waals surface area contributed by atoms with Gasteiger partial charge in [0.05, 0.1) is 22.7 Å². The molecule has 2 rings (SSSR count). The van der Waals surface area contributed by atoms with Crippen LogP contribution in [-0.4, -0.2) is 28.8 Å². The minimum atomic E-state index is -0.932. The molecule has 1 aromatic rings. The molecule has 2 amide bonds. The van der Waals surface area contributed by atoms with Crippen molar-refractivity contribution in [3.8, 4) is 11.5 Å². The van der Waals surface area contributed by atoms with Crippen molar-refractivity contribution in [1.29, 1.82) is 0 Å². The Morgan fingerprint density at radius 3 is 2.52 bits per heavy atom. The van der Waals surface area contributed by atoms with E-state index >= 15 is 0 Å². The molecule has 0 bridgehead atoms. The molecule has 1 unspecified atom stereocenters. The molecule has 1 aliphatic heterocycles. The first-order valence-electron chi connectivity index (χ1n) is 7.57. The minimum absolute atomic E-state index is 0.0546. The lowest BCUT2D eigenvalue weighted by Gasteiger charge is -2.31. The van der Waals surface area contributed by atoms with Crippen molar-refractivity contribution in [1.82, 2.24) is 10.6 Å². The van der Waals surface area contributed by atoms with Crippen LogP contribution in [0.25, 0.3) is 0 Å². The van der Waals surface area contributed by atoms with Gasteiger partial charge in [-0.15, -0.1) is 0 Å². The van der Waals surface area contributed by atoms with E-state index in [1.807, 2.05) is 13.8 Å². The van der Waals surface area contributed by atoms with Gasteiger partial charge in [-0.2, -0.15) is 0 Å². The third-order valence-electron chi connectivity index (χ3n) is 3.68. The maximum absolute atomic E-state index is 12.5. The van der Waals surface area contributed by atoms with Gasteiger partial charge in [0.15, 0.2) is 0 Å². The third-order valence-corrected chi connectivity index (χ3v) is 5.04. The number of phenolic OH excluding ortho intramolecular Hbond substituents is 2. The lowest BCUT2D eigenvalue weighted by atomic mass is 9.91. The molecular formula is C16H18Br2N2O5. The van der Waals surface area contributed by atoms with Gasteiger partial charge < -0.3 is 25.6 Å². The van der Waals surface area contributed by atoms with Crippen LogP contribution in [0.1, 0.15) is 32.4 Å². The molecule has 1 atom stereocenters. The number of allylic oxidation sites excluding steroid dienone is 1. The van der Waals surface area contributed by atoms with Crippen molar-refractivity contribution in [3.63, 3.8) is 0 Å². The smallest absolute Gasteiger partial charge is 0.338 e. The molecule has 0 aromatic heterocycles. The Morgan fingerprint density at radius 1 is 1.32 bits per heavy atom. The number of amides is 2. The highest BCUT2D eigenvalue weighted by molar-refractivity contribution is 9.11. The Balaban J connectivity index is 2.70. The van der Waals surface area contributed by atoms with Crippen LogP contribution in [-0.2, 0) is 9.53 Å². The highest BCUT2D eigenvalue weighted by atomic mass is 79.9. The zero-order valence-electron chi connectivity index (χ0n) is 13.8. The molecular weight excluding hydrogens is 460 g/mol. The van der Waals surface area contributed by atoms with Gasteiger partial charge in [-0.05, 0) is 50.8 Å². The highest BCUT2D eigenvalue weighted by Gasteiger charge is 2.37. The molecule has 1 aliphatic rings. The van der Waals surface area contributed by atoms with Crippen LogP contribution in [0.5, 0.6) is 11.5 Å². The van der Waals surface area contributed by atoms with Crippen LogP contribution in [0.15, 0.2) is 26.3 Å². The van der Waals surface area contributed by atoms with Crippen molar-refractivity contribution in [2.24, 2.45) is 5.92 Å². The number of benzene rings is 1. The minimum Gasteiger partial charge on any atom is -0.506 e. The molecule has 136 valence electrons. The van der Waals surface area contributed by atoms with Crippen LogP contribution in [0.3, 0.4) is 0 Å². The first-order valence-corrected chi connectivity index (χ1v) is 9.16. The number of rotatable bonds is 4. The summed E-state index contributed by atoms with van der Waals surface area (Å²) >= 11 is 6.30. The van der Waals surface area contributed by atoms with E-state index in [-0.39, 0.29) is 39.6 Å². The molecule has 1 heterocycles. The number of ether oxygens (including phenoxy) is 1. The fraction of sp³-hybridized carbons (Fsp3) is 0.375. The summed E-state index contributed by atoms with van der Waals surface area (Å²) < 4.78 is 5.49. The summed E-state index contributed by atoms with van der Waals surface area (Å²) in [7, 11) is 0. The zero-order chi connectivity index (χ0) is 18.9. The SMILES string of the molecule is CCOC(=O)C1=C(C(C)C)NC(=O)NC1c1cc(Br)c(O)c(Br)c1O. The van der Waals surface area contributed by atoms with Crippen molar-refractivity contribution in [3.05, 3.63) is 31.8 Å². The summed E-state index contributed by atoms with van der Waals surface area (Å²) in [5.41, 5.74) is 0.871. The topological polar surface area (TPSA) is 108 Å². The van der Waals surface area contributed by atoms with E-state index in [2.05, 4.69) is 42.5 Å². The molecule has 0 radical (unpaired) electrons. The Kier molecular flexibility index (Phi) is 5.99. The fourth-order valence-electron chi connectivity index (χ4n) is 2.55. The normalized spacial score (nSPS) is 17.4. The van der Waals surface area contributed by atoms with Gasteiger partial charge in [-0.25, -0.2) is 9.59 Å². The standard InChI is InChI=1S/C16H18Br2N2O5/c1-4-25-15(23)9-11(6(2)3)19-16(24)20-12(9)7-5-8(17)14(22)10(18)13(7)21/h5-6,12,21-22H,4H2,1-3H3,(H2,19,20,24). The Bertz CT molecular complexity index is 761. The number of halogens is 2. The van der Waals surface area contributed by atoms with Crippen molar-refractivity contribution in [2.75, 3.05) is 6.61 Å². The van der Waals surface area contributed by atoms with Gasteiger partial charge in [0.1, 0.15) is 16.0 Å². The quantitative estimate of drug-likeness (QED) is 0.497. The van der Waals surface area contributed by atoms with Crippen molar-refractivity contribution >= 4 is 43.9 Å². The number of carbonyl (C=O) groups excluding carboxylic acids is 2. The summed E-state index contributed by atoms with van der Waals surface area (Å²) in [6.45, 7) is 5.52. The second kappa shape index (κ2) is 7.65. The monoisotopic (exact) mass is 476 g/mol. The predicted octanol–water partition coefficient (Wildman–Crippen LogP) is 3.45. The largest absolute Gasteiger partial charge is 0.506 e. The first kappa shape index (κ1) is 19.6. The Morgan fingerprint density at radius 2 is 1.96 bits per heavy atom. The lowest BCUT2D eigenvalue weighted by Crippen LogP contribution is -2.47. The number of hydrogen-bond acceptors (Lipinski definition) is 5. The van der Waals surface area contributed by atoms with Gasteiger partial charge in [0.25, 0.3) is 0 Å². The van der Waals surface area contributed by atoms with E-state index in [4.69, 9.17) is 4.74 Å². The Labute approximate surface area is 161 Å². The highest BCUT2D eigenvalue weighted by Crippen LogP contribution is 2.45. The molecule has 0 saturated carbocycles. The Hall–Kier alpha value is -1.74. The number of nitrogens with one attached hydrogen (secondary N) is 2. The average molecular weight is 478 g/mol. The van der Waals surface area contributed by atoms with Crippen LogP contribution >= 0.6 is 31.9 Å². The summed E-state index contributed by atoms with van der Waals surface area (Å²) in [6.07, 6.45) is 0. The number of phenols is 2. The van der Waals surface area contributed by atoms with E-state index in [9.17, 15) is 19.8 Å². The summed E-state index contributed by atoms with van der Waals surface area (Å²) in [5.74, 6) is -1.22. The van der Waals surface area contributed by atoms with Gasteiger partial charge >= 0.3 is 12.0 Å². The number of hydrogen-bond donors (Lipinski definition) is 4. The van der Waals surface area contributed by atoms with Crippen LogP contribution in [0.4, 0.5) is 4.79 Å². The molecule has 0 aliphatic carbocycles. The second-order valence-electron chi connectivity index (χ2n) is 5.69. The molecule has 0 fully saturated rings. The molecule has 25 heavy (non-hydrogen) atoms. The number of urea groups is 1. The van der Waals surface area contributed by atoms with Crippen molar-refractivity contribution < 1.29 is 24.5 Å². The number of carbonyl (C=O) groups is 2. The van der Waals surface area contributed by atoms with E-state index in [0.717, 1.165) is 0 Å². The van der Waals surface area contributed by atoms with Gasteiger partial charge in [0, 0.05) is 11.3 Å². The molecule has 1 aromatic carbocycles. The van der Waals surface area contributed by atoms with Crippen LogP contribution in [0, 0.1) is 5.92 Å². The summed E-state index contributed by atoms with van der Waals surface area (Å²) in [6, 6.07) is 0.0166.